The summed E-state index contributed by atoms with van der Waals surface area (Å²) in [5.41, 5.74) is 3.57. The average molecular weight is 789 g/mol. The molecule has 3 aromatic heterocycles. The molecule has 13 nitrogen and oxygen atoms in total. The van der Waals surface area contributed by atoms with E-state index in [0.717, 1.165) is 105 Å². The summed E-state index contributed by atoms with van der Waals surface area (Å²) >= 11 is 0. The third kappa shape index (κ3) is 8.41. The van der Waals surface area contributed by atoms with Crippen LogP contribution in [0.4, 0.5) is 18.0 Å². The van der Waals surface area contributed by atoms with Crippen LogP contribution in [-0.4, -0.2) is 101 Å². The van der Waals surface area contributed by atoms with Gasteiger partial charge in [0.05, 0.1) is 41.2 Å². The summed E-state index contributed by atoms with van der Waals surface area (Å²) in [7, 11) is 0. The second kappa shape index (κ2) is 15.3. The standard InChI is InChI=1S/C41H51F3N10O3/c1-25-20-27(8-10-33(25)53-24-29(22-46-53)36(55)45-23-35-47-37(49-48-35)40(6,7)41(42,43)44)28-9-11-34-32(21-28)26(2)50-54(34)31-14-16-51(17-15-31)30-12-18-52(19-13-30)38(56)57-39(3,4)5/h8-11,20-22,24,30-31H,12-19,23H2,1-7H3,(H,45,55)(H,47,48,49). The zero-order valence-corrected chi connectivity index (χ0v) is 33.6. The minimum atomic E-state index is -4.52. The number of ether oxygens (including phenoxy) is 1. The van der Waals surface area contributed by atoms with Gasteiger partial charge in [-0.05, 0) is 115 Å². The molecule has 0 spiro atoms. The molecule has 2 amide bonds. The second-order valence-corrected chi connectivity index (χ2v) is 16.8. The lowest BCUT2D eigenvalue weighted by Crippen LogP contribution is -2.50. The summed E-state index contributed by atoms with van der Waals surface area (Å²) in [5, 5.41) is 19.4. The number of carbonyl (C=O) groups is 2. The predicted octanol–water partition coefficient (Wildman–Crippen LogP) is 7.43. The van der Waals surface area contributed by atoms with Crippen molar-refractivity contribution in [2.24, 2.45) is 0 Å². The minimum Gasteiger partial charge on any atom is -0.444 e. The maximum absolute atomic E-state index is 13.4. The van der Waals surface area contributed by atoms with Gasteiger partial charge in [0.1, 0.15) is 16.8 Å². The summed E-state index contributed by atoms with van der Waals surface area (Å²) < 4.78 is 49.6. The number of hydrogen-bond donors (Lipinski definition) is 2. The Kier molecular flexibility index (Phi) is 10.7. The Bertz CT molecular complexity index is 2250. The molecule has 2 aliphatic heterocycles. The van der Waals surface area contributed by atoms with Gasteiger partial charge in [0.15, 0.2) is 5.82 Å². The van der Waals surface area contributed by atoms with E-state index < -0.39 is 28.9 Å². The van der Waals surface area contributed by atoms with Crippen molar-refractivity contribution in [2.45, 2.75) is 110 Å². The first-order chi connectivity index (χ1) is 26.9. The molecule has 2 aromatic carbocycles. The van der Waals surface area contributed by atoms with Crippen LogP contribution in [0.15, 0.2) is 48.8 Å². The number of aromatic amines is 1. The molecule has 57 heavy (non-hydrogen) atoms. The van der Waals surface area contributed by atoms with Crippen LogP contribution in [-0.2, 0) is 16.7 Å². The van der Waals surface area contributed by atoms with E-state index >= 15 is 0 Å². The molecule has 0 bridgehead atoms. The van der Waals surface area contributed by atoms with Crippen LogP contribution in [0.3, 0.4) is 0 Å². The van der Waals surface area contributed by atoms with Crippen molar-refractivity contribution in [1.82, 2.24) is 49.9 Å². The third-order valence-corrected chi connectivity index (χ3v) is 11.2. The maximum atomic E-state index is 13.4. The zero-order valence-electron chi connectivity index (χ0n) is 33.6. The van der Waals surface area contributed by atoms with Gasteiger partial charge < -0.3 is 19.9 Å². The van der Waals surface area contributed by atoms with E-state index in [1.807, 2.05) is 44.7 Å². The molecule has 7 rings (SSSR count). The first-order valence-electron chi connectivity index (χ1n) is 19.5. The molecule has 304 valence electrons. The normalized spacial score (nSPS) is 16.7. The maximum Gasteiger partial charge on any atom is 0.410 e. The molecular weight excluding hydrogens is 738 g/mol. The number of likely N-dealkylation sites (tertiary alicyclic amines) is 2. The number of aromatic nitrogens is 7. The van der Waals surface area contributed by atoms with E-state index in [0.29, 0.717) is 12.1 Å². The summed E-state index contributed by atoms with van der Waals surface area (Å²) in [5.74, 6) is -0.728. The number of nitrogens with one attached hydrogen (secondary N) is 2. The zero-order chi connectivity index (χ0) is 40.9. The number of H-pyrrole nitrogens is 1. The SMILES string of the molecule is Cc1cc(-c2ccc3c(c2)c(C)nn3C2CCN(C3CCN(C(=O)OC(C)(C)C)CC3)CC2)ccc1-n1cc(C(=O)NCc2nc(C(C)(C)C(F)(F)F)n[nH]2)cn1. The van der Waals surface area contributed by atoms with Crippen LogP contribution < -0.4 is 5.32 Å². The fraction of sp³-hybridized carbons (Fsp3) is 0.512. The molecule has 5 aromatic rings. The molecule has 2 fully saturated rings. The number of benzene rings is 2. The number of carbonyl (C=O) groups excluding carboxylic acids is 2. The Morgan fingerprint density at radius 3 is 2.25 bits per heavy atom. The summed E-state index contributed by atoms with van der Waals surface area (Å²) in [6.07, 6.45) is 2.28. The Hall–Kier alpha value is -5.25. The molecule has 0 aliphatic carbocycles. The van der Waals surface area contributed by atoms with Crippen LogP contribution in [0.2, 0.25) is 0 Å². The lowest BCUT2D eigenvalue weighted by atomic mass is 9.92. The Morgan fingerprint density at radius 1 is 0.912 bits per heavy atom. The number of alkyl halides is 3. The monoisotopic (exact) mass is 788 g/mol. The molecule has 2 N–H and O–H groups in total. The van der Waals surface area contributed by atoms with Gasteiger partial charge in [0, 0.05) is 43.8 Å². The number of amides is 2. The Balaban J connectivity index is 0.958. The smallest absolute Gasteiger partial charge is 0.410 e. The van der Waals surface area contributed by atoms with Crippen molar-refractivity contribution in [1.29, 1.82) is 0 Å². The summed E-state index contributed by atoms with van der Waals surface area (Å²) in [6.45, 7) is 15.1. The van der Waals surface area contributed by atoms with Gasteiger partial charge in [-0.15, -0.1) is 0 Å². The van der Waals surface area contributed by atoms with Crippen molar-refractivity contribution in [3.8, 4) is 16.8 Å². The van der Waals surface area contributed by atoms with Crippen LogP contribution in [0, 0.1) is 13.8 Å². The van der Waals surface area contributed by atoms with Crippen molar-refractivity contribution in [2.75, 3.05) is 26.2 Å². The first-order valence-corrected chi connectivity index (χ1v) is 19.5. The van der Waals surface area contributed by atoms with Crippen molar-refractivity contribution < 1.29 is 27.5 Å². The molecular formula is C41H51F3N10O3. The number of nitrogens with zero attached hydrogens (tertiary/aromatic N) is 8. The highest BCUT2D eigenvalue weighted by Gasteiger charge is 2.51. The third-order valence-electron chi connectivity index (χ3n) is 11.2. The van der Waals surface area contributed by atoms with E-state index in [1.54, 1.807) is 10.9 Å². The number of halogens is 3. The van der Waals surface area contributed by atoms with E-state index in [2.05, 4.69) is 66.4 Å². The summed E-state index contributed by atoms with van der Waals surface area (Å²) in [4.78, 5) is 33.8. The molecule has 16 heteroatoms. The summed E-state index contributed by atoms with van der Waals surface area (Å²) in [6, 6.07) is 13.4. The largest absolute Gasteiger partial charge is 0.444 e. The van der Waals surface area contributed by atoms with Gasteiger partial charge in [-0.2, -0.15) is 28.5 Å². The highest BCUT2D eigenvalue weighted by molar-refractivity contribution is 5.93. The van der Waals surface area contributed by atoms with Crippen LogP contribution in [0.25, 0.3) is 27.7 Å². The number of rotatable bonds is 8. The number of hydrogen-bond acceptors (Lipinski definition) is 8. The molecule has 0 radical (unpaired) electrons. The minimum absolute atomic E-state index is 0.113. The van der Waals surface area contributed by atoms with E-state index in [9.17, 15) is 22.8 Å². The van der Waals surface area contributed by atoms with E-state index in [-0.39, 0.29) is 24.0 Å². The molecule has 0 saturated carbocycles. The van der Waals surface area contributed by atoms with Crippen molar-refractivity contribution >= 4 is 22.9 Å². The lowest BCUT2D eigenvalue weighted by Gasteiger charge is -2.42. The van der Waals surface area contributed by atoms with Crippen molar-refractivity contribution in [3.05, 3.63) is 77.3 Å². The molecule has 0 unspecified atom stereocenters. The van der Waals surface area contributed by atoms with Gasteiger partial charge in [-0.1, -0.05) is 12.1 Å². The molecule has 0 atom stereocenters. The molecule has 2 saturated heterocycles. The van der Waals surface area contributed by atoms with Crippen LogP contribution >= 0.6 is 0 Å². The van der Waals surface area contributed by atoms with Gasteiger partial charge in [-0.3, -0.25) is 14.6 Å². The van der Waals surface area contributed by atoms with E-state index in [4.69, 9.17) is 9.84 Å². The topological polar surface area (TPSA) is 139 Å². The number of aryl methyl sites for hydroxylation is 2. The van der Waals surface area contributed by atoms with Gasteiger partial charge in [0.2, 0.25) is 0 Å². The van der Waals surface area contributed by atoms with Crippen LogP contribution in [0.5, 0.6) is 0 Å². The quantitative estimate of drug-likeness (QED) is 0.166. The van der Waals surface area contributed by atoms with Crippen LogP contribution in [0.1, 0.15) is 99.6 Å². The van der Waals surface area contributed by atoms with Gasteiger partial charge in [0.25, 0.3) is 5.91 Å². The Labute approximate surface area is 330 Å². The average Bonchev–Trinajstić information content (AvgIpc) is 3.93. The number of piperidine rings is 2. The fourth-order valence-corrected chi connectivity index (χ4v) is 7.70. The van der Waals surface area contributed by atoms with Crippen molar-refractivity contribution in [3.63, 3.8) is 0 Å². The van der Waals surface area contributed by atoms with Gasteiger partial charge in [-0.25, -0.2) is 14.5 Å². The predicted molar refractivity (Wildman–Crippen MR) is 209 cm³/mol. The number of fused-ring (bicyclic) bond motifs is 1. The molecule has 5 heterocycles. The molecule has 2 aliphatic rings. The van der Waals surface area contributed by atoms with E-state index in [1.165, 1.54) is 6.20 Å². The lowest BCUT2D eigenvalue weighted by molar-refractivity contribution is -0.182. The second-order valence-electron chi connectivity index (χ2n) is 16.8. The highest BCUT2D eigenvalue weighted by atomic mass is 19.4. The first kappa shape index (κ1) is 40.0. The Morgan fingerprint density at radius 2 is 1.58 bits per heavy atom. The van der Waals surface area contributed by atoms with Gasteiger partial charge >= 0.3 is 12.3 Å². The fourth-order valence-electron chi connectivity index (χ4n) is 7.70. The highest BCUT2D eigenvalue weighted by Crippen LogP contribution is 2.39.